The van der Waals surface area contributed by atoms with Gasteiger partial charge in [-0.25, -0.2) is 9.59 Å². The van der Waals surface area contributed by atoms with Crippen molar-refractivity contribution in [1.29, 1.82) is 0 Å². The number of rotatable bonds is 38. The molecule has 0 spiro atoms. The van der Waals surface area contributed by atoms with Gasteiger partial charge in [-0.05, 0) is 74.0 Å². The zero-order valence-corrected chi connectivity index (χ0v) is 66.9. The van der Waals surface area contributed by atoms with Crippen LogP contribution in [0.2, 0.25) is 0 Å². The molecular weight excluding hydrogens is 1580 g/mol. The predicted molar refractivity (Wildman–Crippen MR) is 424 cm³/mol. The van der Waals surface area contributed by atoms with Gasteiger partial charge in [-0.3, -0.25) is 86.3 Å². The number of aliphatic hydroxyl groups excluding tert-OH is 1. The molecule has 10 unspecified atom stereocenters. The molecule has 3 aromatic rings. The van der Waals surface area contributed by atoms with Gasteiger partial charge in [-0.1, -0.05) is 126 Å². The fraction of sp³-hybridized carbons (Fsp3) is 0.532. The summed E-state index contributed by atoms with van der Waals surface area (Å²) in [5, 5.41) is 82.3. The van der Waals surface area contributed by atoms with E-state index in [0.717, 1.165) is 76.5 Å². The molecule has 1 heterocycles. The van der Waals surface area contributed by atoms with Crippen molar-refractivity contribution in [3.63, 3.8) is 0 Å². The number of carboxylic acid groups (broad SMARTS) is 4. The van der Waals surface area contributed by atoms with Crippen LogP contribution in [-0.2, 0) is 97.5 Å². The highest BCUT2D eigenvalue weighted by atomic mass is 16.5. The van der Waals surface area contributed by atoms with Crippen molar-refractivity contribution < 1.29 is 126 Å². The standard InChI is InChI=1S/C77H109N17O26/c1-5-6-7-8-9-10-11-12-13-18-28-81-77(119)92-49(31-43-25-26-44-20-14-15-21-45(44)30-43)70(112)88-50(33-57(80)97)71(113)90-53(36-63(106)107)72(114)94-65-42(4)120-76(118)54(32-56(96)46-22-16-17-23-47(46)79)91-75(117)64(40(2)29-60(100)101)93-73(115)55(39-95)86-59(99)37-82-67(109)51(34-61(102)103)87-66(108)41(3)84-69(111)52(35-62(104)105)89-68(110)48(24-19-27-78)85-58(98)38-83-74(65)116/h14-17,20-23,25-26,30,40-42,48-55,64-65,95H,5-13,18-19,24,27-29,31-39,78-79H2,1-4H3,(H2,80,97)(H,82,109)(H,83,116)(H,84,111)(H,85,98)(H,86,99)(H,87,108)(H,88,112)(H,89,110)(H,90,113)(H,91,117)(H,93,115)(H,94,114)(H,100,101)(H,102,103)(H,104,105)(H,106,107)(H2,81,92,119)/t40?,41?,42?,48?,49-,50-,51?,52?,53-,54?,55?,64?,65?/m0/s1. The lowest BCUT2D eigenvalue weighted by Crippen LogP contribution is -2.62. The maximum Gasteiger partial charge on any atom is 0.329 e. The predicted octanol–water partition coefficient (Wildman–Crippen LogP) is -3.99. The third-order valence-corrected chi connectivity index (χ3v) is 18.8. The van der Waals surface area contributed by atoms with E-state index in [-0.39, 0.29) is 37.2 Å². The Bertz CT molecular complexity index is 4170. The summed E-state index contributed by atoms with van der Waals surface area (Å²) in [6.45, 7) is 1.38. The third-order valence-electron chi connectivity index (χ3n) is 18.8. The van der Waals surface area contributed by atoms with Gasteiger partial charge >= 0.3 is 35.9 Å². The number of fused-ring (bicyclic) bond motifs is 1. The van der Waals surface area contributed by atoms with E-state index >= 15 is 0 Å². The number of para-hydroxylation sites is 1. The summed E-state index contributed by atoms with van der Waals surface area (Å²) in [5.74, 6) is -29.2. The number of aliphatic carboxylic acids is 4. The lowest BCUT2D eigenvalue weighted by atomic mass is 9.96. The van der Waals surface area contributed by atoms with Gasteiger partial charge in [0.15, 0.2) is 5.78 Å². The van der Waals surface area contributed by atoms with E-state index in [0.29, 0.717) is 12.0 Å². The molecule has 0 bridgehead atoms. The number of urea groups is 1. The minimum Gasteiger partial charge on any atom is -0.481 e. The molecular formula is C77H109N17O26. The topological polar surface area (TPSA) is 698 Å². The van der Waals surface area contributed by atoms with Crippen LogP contribution >= 0.6 is 0 Å². The van der Waals surface area contributed by atoms with E-state index < -0.39 is 262 Å². The maximum atomic E-state index is 14.9. The number of benzene rings is 3. The van der Waals surface area contributed by atoms with Crippen molar-refractivity contribution in [3.05, 3.63) is 77.9 Å². The zero-order chi connectivity index (χ0) is 89.3. The summed E-state index contributed by atoms with van der Waals surface area (Å²) >= 11 is 0. The SMILES string of the molecule is CCCCCCCCCCCCNC(=O)N[C@@H](Cc1ccc2ccccc2c1)C(=O)N[C@@H](CC(N)=O)C(=O)N[C@@H](CC(=O)O)C(=O)NC1C(=O)NCC(=O)NC(CCCN)C(=O)NC(CC(=O)O)C(=O)NC(C)C(=O)NC(CC(=O)O)C(=O)NCC(=O)NC(CO)C(=O)NC(C(C)CC(=O)O)C(=O)NC(CC(=O)c2ccccc2N)C(=O)OC1C. The molecule has 0 saturated carbocycles. The first-order valence-corrected chi connectivity index (χ1v) is 39.0. The number of carbonyl (C=O) groups is 20. The fourth-order valence-corrected chi connectivity index (χ4v) is 12.3. The molecule has 43 nitrogen and oxygen atoms in total. The van der Waals surface area contributed by atoms with E-state index in [2.05, 4.69) is 65.4 Å². The van der Waals surface area contributed by atoms with Gasteiger partial charge in [0.1, 0.15) is 72.6 Å². The number of nitrogens with one attached hydrogen (secondary N) is 14. The number of hydrogen-bond donors (Lipinski definition) is 22. The number of nitrogens with two attached hydrogens (primary N) is 3. The second-order valence-corrected chi connectivity index (χ2v) is 28.7. The second kappa shape index (κ2) is 51.3. The van der Waals surface area contributed by atoms with Gasteiger partial charge in [0.25, 0.3) is 0 Å². The van der Waals surface area contributed by atoms with Crippen molar-refractivity contribution in [2.45, 2.75) is 222 Å². The van der Waals surface area contributed by atoms with Crippen LogP contribution in [0.15, 0.2) is 66.7 Å². The number of primary amides is 1. The van der Waals surface area contributed by atoms with Crippen LogP contribution in [0.3, 0.4) is 0 Å². The van der Waals surface area contributed by atoms with E-state index in [1.165, 1.54) is 37.1 Å². The fourth-order valence-electron chi connectivity index (χ4n) is 12.3. The Morgan fingerprint density at radius 3 is 1.62 bits per heavy atom. The number of cyclic esters (lactones) is 1. The number of ketones is 1. The van der Waals surface area contributed by atoms with Crippen LogP contribution in [0.4, 0.5) is 10.5 Å². The van der Waals surface area contributed by atoms with Gasteiger partial charge in [0.2, 0.25) is 76.8 Å². The highest BCUT2D eigenvalue weighted by Crippen LogP contribution is 2.21. The number of carbonyl (C=O) groups excluding carboxylic acids is 16. The molecule has 1 aliphatic rings. The Labute approximate surface area is 688 Å². The lowest BCUT2D eigenvalue weighted by molar-refractivity contribution is -0.156. The molecule has 1 aliphatic heterocycles. The van der Waals surface area contributed by atoms with Crippen LogP contribution in [0, 0.1) is 5.92 Å². The molecule has 1 fully saturated rings. The summed E-state index contributed by atoms with van der Waals surface area (Å²) in [6.07, 6.45) is 0.176. The first-order chi connectivity index (χ1) is 56.8. The Kier molecular flexibility index (Phi) is 42.5. The van der Waals surface area contributed by atoms with Crippen molar-refractivity contribution in [2.75, 3.05) is 38.5 Å². The number of carboxylic acids is 4. The molecule has 15 amide bonds. The van der Waals surface area contributed by atoms with Gasteiger partial charge in [-0.2, -0.15) is 0 Å². The Morgan fingerprint density at radius 2 is 1.04 bits per heavy atom. The average Bonchev–Trinajstić information content (AvgIpc) is 0.833. The van der Waals surface area contributed by atoms with Crippen molar-refractivity contribution >= 4 is 135 Å². The summed E-state index contributed by atoms with van der Waals surface area (Å²) < 4.78 is 5.69. The number of unbranched alkanes of at least 4 members (excludes halogenated alkanes) is 9. The number of hydrogen-bond acceptors (Lipinski definition) is 24. The normalized spacial score (nSPS) is 20.7. The van der Waals surface area contributed by atoms with Crippen LogP contribution in [0.1, 0.15) is 159 Å². The van der Waals surface area contributed by atoms with Crippen LogP contribution in [0.5, 0.6) is 0 Å². The van der Waals surface area contributed by atoms with E-state index in [1.54, 1.807) is 36.4 Å². The molecule has 1 saturated heterocycles. The van der Waals surface area contributed by atoms with Crippen molar-refractivity contribution in [2.24, 2.45) is 17.4 Å². The Hall–Kier alpha value is -13.0. The molecule has 0 aliphatic carbocycles. The minimum absolute atomic E-state index is 0.0954. The number of amides is 15. The largest absolute Gasteiger partial charge is 0.481 e. The van der Waals surface area contributed by atoms with Gasteiger partial charge < -0.3 is 122 Å². The number of aliphatic hydroxyl groups is 1. The van der Waals surface area contributed by atoms with E-state index in [1.807, 2.05) is 22.0 Å². The molecule has 0 aromatic heterocycles. The van der Waals surface area contributed by atoms with Crippen molar-refractivity contribution in [3.8, 4) is 0 Å². The van der Waals surface area contributed by atoms with E-state index in [9.17, 15) is 121 Å². The van der Waals surface area contributed by atoms with E-state index in [4.69, 9.17) is 21.9 Å². The average molecular weight is 1690 g/mol. The number of nitrogen functional groups attached to an aromatic ring is 1. The quantitative estimate of drug-likeness (QED) is 0.0113. The van der Waals surface area contributed by atoms with Crippen LogP contribution in [0.25, 0.3) is 10.8 Å². The minimum atomic E-state index is -2.45. The summed E-state index contributed by atoms with van der Waals surface area (Å²) in [6, 6.07) is -6.02. The first kappa shape index (κ1) is 99.4. The van der Waals surface area contributed by atoms with Gasteiger partial charge in [0.05, 0.1) is 51.8 Å². The molecule has 658 valence electrons. The molecule has 43 heteroatoms. The first-order valence-electron chi connectivity index (χ1n) is 39.0. The number of Topliss-reactive ketones (excluding diaryl/α,β-unsaturated/α-hetero) is 1. The lowest BCUT2D eigenvalue weighted by Gasteiger charge is -2.30. The highest BCUT2D eigenvalue weighted by Gasteiger charge is 2.41. The van der Waals surface area contributed by atoms with Gasteiger partial charge in [0, 0.05) is 30.6 Å². The van der Waals surface area contributed by atoms with Crippen molar-refractivity contribution in [1.82, 2.24) is 74.4 Å². The monoisotopic (exact) mass is 1690 g/mol. The number of anilines is 1. The third kappa shape index (κ3) is 35.5. The molecule has 25 N–H and O–H groups in total. The van der Waals surface area contributed by atoms with Gasteiger partial charge in [-0.15, -0.1) is 0 Å². The molecule has 13 atom stereocenters. The number of esters is 1. The molecule has 0 radical (unpaired) electrons. The number of ether oxygens (including phenoxy) is 1. The smallest absolute Gasteiger partial charge is 0.329 e. The summed E-state index contributed by atoms with van der Waals surface area (Å²) in [4.78, 5) is 274. The van der Waals surface area contributed by atoms with Crippen LogP contribution in [-0.4, -0.2) is 249 Å². The highest BCUT2D eigenvalue weighted by molar-refractivity contribution is 6.05. The maximum absolute atomic E-state index is 14.9. The molecule has 3 aromatic carbocycles. The van der Waals surface area contributed by atoms with Crippen LogP contribution < -0.4 is 91.6 Å². The Morgan fingerprint density at radius 1 is 0.517 bits per heavy atom. The molecule has 4 rings (SSSR count). The molecule has 120 heavy (non-hydrogen) atoms. The summed E-state index contributed by atoms with van der Waals surface area (Å²) in [5.41, 5.74) is 17.5. The zero-order valence-electron chi connectivity index (χ0n) is 66.9. The second-order valence-electron chi connectivity index (χ2n) is 28.7. The summed E-state index contributed by atoms with van der Waals surface area (Å²) in [7, 11) is 0. The Balaban J connectivity index is 1.85.